The van der Waals surface area contributed by atoms with Gasteiger partial charge in [0.2, 0.25) is 0 Å². The van der Waals surface area contributed by atoms with Crippen LogP contribution in [0.25, 0.3) is 0 Å². The van der Waals surface area contributed by atoms with Crippen LogP contribution < -0.4 is 10.6 Å². The van der Waals surface area contributed by atoms with Crippen molar-refractivity contribution in [3.8, 4) is 0 Å². The van der Waals surface area contributed by atoms with Crippen LogP contribution in [0.2, 0.25) is 0 Å². The molecular weight excluding hydrogens is 262 g/mol. The molecule has 3 rings (SSSR count). The van der Waals surface area contributed by atoms with Gasteiger partial charge in [-0.15, -0.1) is 0 Å². The molecule has 1 aromatic heterocycles. The largest absolute Gasteiger partial charge is 0.325 e. The molecule has 1 aliphatic heterocycles. The summed E-state index contributed by atoms with van der Waals surface area (Å²) in [5, 5.41) is 0. The third kappa shape index (κ3) is 2.81. The molecular formula is C17H19N3O. The van der Waals surface area contributed by atoms with E-state index < -0.39 is 0 Å². The smallest absolute Gasteiger partial charge is 0.259 e. The van der Waals surface area contributed by atoms with E-state index in [4.69, 9.17) is 5.73 Å². The molecule has 0 fully saturated rings. The van der Waals surface area contributed by atoms with E-state index in [1.165, 1.54) is 5.56 Å². The van der Waals surface area contributed by atoms with Gasteiger partial charge in [-0.2, -0.15) is 0 Å². The Labute approximate surface area is 124 Å². The summed E-state index contributed by atoms with van der Waals surface area (Å²) < 4.78 is 0. The van der Waals surface area contributed by atoms with Crippen molar-refractivity contribution >= 4 is 11.6 Å². The van der Waals surface area contributed by atoms with E-state index in [0.29, 0.717) is 12.1 Å². The summed E-state index contributed by atoms with van der Waals surface area (Å²) in [7, 11) is 0. The summed E-state index contributed by atoms with van der Waals surface area (Å²) in [6.45, 7) is 1.15. The topological polar surface area (TPSA) is 59.2 Å². The van der Waals surface area contributed by atoms with Crippen molar-refractivity contribution in [2.24, 2.45) is 5.73 Å². The standard InChI is InChI=1S/C17H19N3O/c18-11-15-9-8-14(12-19-15)17(21)20-10-4-3-6-13-5-1-2-7-16(13)20/h1-2,5,7-9,12H,3-4,6,10-11,18H2. The minimum absolute atomic E-state index is 0.0143. The normalized spacial score (nSPS) is 14.4. The number of benzene rings is 1. The SMILES string of the molecule is NCc1ccc(C(=O)N2CCCCc3ccccc32)cn1. The molecule has 4 heteroatoms. The number of hydrogen-bond acceptors (Lipinski definition) is 3. The van der Waals surface area contributed by atoms with Crippen molar-refractivity contribution in [2.75, 3.05) is 11.4 Å². The molecule has 0 saturated carbocycles. The van der Waals surface area contributed by atoms with Gasteiger partial charge in [0.1, 0.15) is 0 Å². The van der Waals surface area contributed by atoms with Gasteiger partial charge >= 0.3 is 0 Å². The van der Waals surface area contributed by atoms with E-state index in [9.17, 15) is 4.79 Å². The minimum Gasteiger partial charge on any atom is -0.325 e. The number of fused-ring (bicyclic) bond motifs is 1. The molecule has 0 saturated heterocycles. The van der Waals surface area contributed by atoms with Crippen molar-refractivity contribution in [3.05, 3.63) is 59.4 Å². The van der Waals surface area contributed by atoms with Crippen LogP contribution in [0.4, 0.5) is 5.69 Å². The molecule has 0 radical (unpaired) electrons. The van der Waals surface area contributed by atoms with Crippen molar-refractivity contribution < 1.29 is 4.79 Å². The zero-order valence-corrected chi connectivity index (χ0v) is 12.0. The van der Waals surface area contributed by atoms with Crippen LogP contribution in [-0.4, -0.2) is 17.4 Å². The molecule has 0 spiro atoms. The summed E-state index contributed by atoms with van der Waals surface area (Å²) in [4.78, 5) is 18.9. The third-order valence-corrected chi connectivity index (χ3v) is 3.89. The number of hydrogen-bond donors (Lipinski definition) is 1. The molecule has 1 amide bonds. The molecule has 0 aliphatic carbocycles. The molecule has 0 unspecified atom stereocenters. The maximum Gasteiger partial charge on any atom is 0.259 e. The molecule has 2 heterocycles. The maximum atomic E-state index is 12.8. The van der Waals surface area contributed by atoms with Crippen LogP contribution in [0.5, 0.6) is 0 Å². The number of para-hydroxylation sites is 1. The predicted octanol–water partition coefficient (Wildman–Crippen LogP) is 2.52. The second-order valence-electron chi connectivity index (χ2n) is 5.28. The highest BCUT2D eigenvalue weighted by molar-refractivity contribution is 6.06. The third-order valence-electron chi connectivity index (χ3n) is 3.89. The van der Waals surface area contributed by atoms with E-state index in [2.05, 4.69) is 11.1 Å². The van der Waals surface area contributed by atoms with E-state index >= 15 is 0 Å². The molecule has 0 bridgehead atoms. The lowest BCUT2D eigenvalue weighted by Gasteiger charge is -2.22. The number of aryl methyl sites for hydroxylation is 1. The molecule has 21 heavy (non-hydrogen) atoms. The zero-order chi connectivity index (χ0) is 14.7. The van der Waals surface area contributed by atoms with Gasteiger partial charge in [0.05, 0.1) is 11.3 Å². The fourth-order valence-corrected chi connectivity index (χ4v) is 2.73. The number of rotatable bonds is 2. The van der Waals surface area contributed by atoms with Gasteiger partial charge in [0, 0.05) is 25.0 Å². The number of pyridine rings is 1. The Morgan fingerprint density at radius 3 is 2.81 bits per heavy atom. The Hall–Kier alpha value is -2.20. The number of amides is 1. The van der Waals surface area contributed by atoms with Crippen molar-refractivity contribution in [1.29, 1.82) is 0 Å². The highest BCUT2D eigenvalue weighted by Crippen LogP contribution is 2.27. The van der Waals surface area contributed by atoms with E-state index in [-0.39, 0.29) is 5.91 Å². The van der Waals surface area contributed by atoms with Crippen LogP contribution in [0.1, 0.15) is 34.5 Å². The highest BCUT2D eigenvalue weighted by atomic mass is 16.2. The lowest BCUT2D eigenvalue weighted by molar-refractivity contribution is 0.0986. The van der Waals surface area contributed by atoms with Gasteiger partial charge in [0.15, 0.2) is 0 Å². The number of carbonyl (C=O) groups excluding carboxylic acids is 1. The summed E-state index contributed by atoms with van der Waals surface area (Å²) in [5.41, 5.74) is 9.23. The van der Waals surface area contributed by atoms with Gasteiger partial charge in [0.25, 0.3) is 5.91 Å². The molecule has 2 aromatic rings. The highest BCUT2D eigenvalue weighted by Gasteiger charge is 2.22. The molecule has 1 aromatic carbocycles. The van der Waals surface area contributed by atoms with Gasteiger partial charge < -0.3 is 10.6 Å². The maximum absolute atomic E-state index is 12.8. The van der Waals surface area contributed by atoms with Crippen LogP contribution in [-0.2, 0) is 13.0 Å². The van der Waals surface area contributed by atoms with Gasteiger partial charge in [-0.25, -0.2) is 0 Å². The summed E-state index contributed by atoms with van der Waals surface area (Å²) in [5.74, 6) is 0.0143. The van der Waals surface area contributed by atoms with E-state index in [0.717, 1.165) is 37.2 Å². The molecule has 0 atom stereocenters. The Kier molecular flexibility index (Phi) is 3.97. The lowest BCUT2D eigenvalue weighted by Crippen LogP contribution is -2.31. The van der Waals surface area contributed by atoms with Crippen LogP contribution >= 0.6 is 0 Å². The molecule has 1 aliphatic rings. The Bertz CT molecular complexity index is 637. The van der Waals surface area contributed by atoms with Crippen LogP contribution in [0.3, 0.4) is 0 Å². The second kappa shape index (κ2) is 6.06. The lowest BCUT2D eigenvalue weighted by atomic mass is 10.1. The average molecular weight is 281 g/mol. The van der Waals surface area contributed by atoms with Gasteiger partial charge in [-0.05, 0) is 43.0 Å². The van der Waals surface area contributed by atoms with Crippen molar-refractivity contribution in [1.82, 2.24) is 4.98 Å². The predicted molar refractivity (Wildman–Crippen MR) is 83.2 cm³/mol. The molecule has 108 valence electrons. The number of anilines is 1. The Morgan fingerprint density at radius 2 is 2.05 bits per heavy atom. The Balaban J connectivity index is 1.93. The summed E-state index contributed by atoms with van der Waals surface area (Å²) >= 11 is 0. The minimum atomic E-state index is 0.0143. The van der Waals surface area contributed by atoms with Crippen LogP contribution in [0.15, 0.2) is 42.6 Å². The number of carbonyl (C=O) groups is 1. The van der Waals surface area contributed by atoms with Gasteiger partial charge in [-0.1, -0.05) is 18.2 Å². The first kappa shape index (κ1) is 13.8. The first-order valence-electron chi connectivity index (χ1n) is 7.34. The first-order valence-corrected chi connectivity index (χ1v) is 7.34. The average Bonchev–Trinajstić information content (AvgIpc) is 2.77. The fraction of sp³-hybridized carbons (Fsp3) is 0.294. The van der Waals surface area contributed by atoms with Gasteiger partial charge in [-0.3, -0.25) is 9.78 Å². The summed E-state index contributed by atoms with van der Waals surface area (Å²) in [6.07, 6.45) is 4.79. The molecule has 2 N–H and O–H groups in total. The second-order valence-corrected chi connectivity index (χ2v) is 5.28. The first-order chi connectivity index (χ1) is 10.3. The number of nitrogens with zero attached hydrogens (tertiary/aromatic N) is 2. The summed E-state index contributed by atoms with van der Waals surface area (Å²) in [6, 6.07) is 11.8. The number of aromatic nitrogens is 1. The van der Waals surface area contributed by atoms with Crippen molar-refractivity contribution in [3.63, 3.8) is 0 Å². The Morgan fingerprint density at radius 1 is 1.19 bits per heavy atom. The quantitative estimate of drug-likeness (QED) is 0.920. The molecule has 4 nitrogen and oxygen atoms in total. The van der Waals surface area contributed by atoms with Crippen molar-refractivity contribution in [2.45, 2.75) is 25.8 Å². The van der Waals surface area contributed by atoms with E-state index in [1.807, 2.05) is 35.2 Å². The number of nitrogens with two attached hydrogens (primary N) is 1. The monoisotopic (exact) mass is 281 g/mol. The zero-order valence-electron chi connectivity index (χ0n) is 12.0. The van der Waals surface area contributed by atoms with E-state index in [1.54, 1.807) is 6.20 Å². The fourth-order valence-electron chi connectivity index (χ4n) is 2.73. The van der Waals surface area contributed by atoms with Crippen LogP contribution in [0, 0.1) is 0 Å².